The van der Waals surface area contributed by atoms with Crippen molar-refractivity contribution < 1.29 is 18.4 Å². The van der Waals surface area contributed by atoms with Gasteiger partial charge in [-0.1, -0.05) is 145 Å². The number of hydrogen-bond acceptors (Lipinski definition) is 8. The number of amides is 2. The molecule has 6 aromatic carbocycles. The fourth-order valence-corrected chi connectivity index (χ4v) is 11.1. The van der Waals surface area contributed by atoms with Gasteiger partial charge in [-0.15, -0.1) is 6.42 Å². The molecule has 0 saturated heterocycles. The van der Waals surface area contributed by atoms with E-state index in [1.54, 1.807) is 30.3 Å². The summed E-state index contributed by atoms with van der Waals surface area (Å²) < 4.78 is 31.7. The first-order valence-corrected chi connectivity index (χ1v) is 33.3. The van der Waals surface area contributed by atoms with Crippen molar-refractivity contribution in [1.29, 1.82) is 0 Å². The van der Waals surface area contributed by atoms with Gasteiger partial charge < -0.3 is 19.6 Å². The van der Waals surface area contributed by atoms with Crippen molar-refractivity contribution in [2.24, 2.45) is 0 Å². The second-order valence-electron chi connectivity index (χ2n) is 23.6. The third-order valence-corrected chi connectivity index (χ3v) is 16.5. The summed E-state index contributed by atoms with van der Waals surface area (Å²) in [5, 5.41) is 0.899. The summed E-state index contributed by atoms with van der Waals surface area (Å²) in [5.41, 5.74) is 4.12. The Labute approximate surface area is 552 Å². The lowest BCUT2D eigenvalue weighted by Gasteiger charge is -2.31. The van der Waals surface area contributed by atoms with Crippen LogP contribution in [0.3, 0.4) is 0 Å². The van der Waals surface area contributed by atoms with Gasteiger partial charge in [-0.2, -0.15) is 0 Å². The Kier molecular flexibility index (Phi) is 30.3. The topological polar surface area (TPSA) is 117 Å². The van der Waals surface area contributed by atoms with Gasteiger partial charge in [-0.25, -0.2) is 18.7 Å². The number of carbonyl (C=O) groups is 2. The molecule has 0 aliphatic carbocycles. The molecule has 91 heavy (non-hydrogen) atoms. The zero-order valence-corrected chi connectivity index (χ0v) is 56.7. The maximum Gasteiger partial charge on any atom is 0.266 e. The number of aromatic nitrogens is 4. The molecule has 8 rings (SSSR count). The molecule has 2 amide bonds. The molecule has 0 spiro atoms. The molecule has 2 atom stereocenters. The molecular weight excluding hydrogens is 1250 g/mol. The molecule has 0 aliphatic heterocycles. The van der Waals surface area contributed by atoms with E-state index in [0.29, 0.717) is 89.4 Å². The third kappa shape index (κ3) is 22.5. The van der Waals surface area contributed by atoms with E-state index in [-0.39, 0.29) is 28.8 Å². The standard InChI is InChI=1S/C38H45FN4O2.C30H40FIN4O2.C8H6/c1-5-6-7-8-9-10-14-17-36(44)42(27-26-41(3)4)29(2)37-40-35-25-20-31(19-18-30-15-12-11-13-16-30)28-34(35)38(45)43(37)33-23-21-32(39)22-24-33;1-5-6-7-8-9-10-11-12-28(37)35(20-19-34(3)4)22(2)29-33-27-18-15-24(32)21-26(27)30(38)36(29)25-16-13-23(31)14-17-25;1-2-8-6-4-3-5-7-8/h11-13,15-16,20-25,28-29H,5-10,14,17,26-27H2,1-4H3;13-18,21-22H,5-12,19-20H2,1-4H3;1,3-7H. The molecule has 0 aliphatic rings. The third-order valence-electron chi connectivity index (χ3n) is 15.9. The molecule has 0 bridgehead atoms. The van der Waals surface area contributed by atoms with Crippen molar-refractivity contribution in [3.63, 3.8) is 0 Å². The Morgan fingerprint density at radius 2 is 0.879 bits per heavy atom. The highest BCUT2D eigenvalue weighted by Crippen LogP contribution is 2.28. The average Bonchev–Trinajstić information content (AvgIpc) is 0.812. The predicted octanol–water partition coefficient (Wildman–Crippen LogP) is 15.9. The van der Waals surface area contributed by atoms with Crippen LogP contribution < -0.4 is 11.1 Å². The fourth-order valence-electron chi connectivity index (χ4n) is 10.6. The molecular formula is C76H91F2IN8O4. The zero-order valence-electron chi connectivity index (χ0n) is 54.6. The number of rotatable bonds is 28. The molecule has 8 aromatic rings. The van der Waals surface area contributed by atoms with E-state index in [1.165, 1.54) is 84.8 Å². The van der Waals surface area contributed by atoms with Gasteiger partial charge in [0.25, 0.3) is 11.1 Å². The fraction of sp³-hybridized carbons (Fsp3) is 0.395. The summed E-state index contributed by atoms with van der Waals surface area (Å²) >= 11 is 2.18. The van der Waals surface area contributed by atoms with Crippen LogP contribution in [0.15, 0.2) is 155 Å². The monoisotopic (exact) mass is 1340 g/mol. The van der Waals surface area contributed by atoms with Gasteiger partial charge in [0.1, 0.15) is 23.3 Å². The van der Waals surface area contributed by atoms with Crippen molar-refractivity contribution >= 4 is 56.2 Å². The molecule has 2 unspecified atom stereocenters. The summed E-state index contributed by atoms with van der Waals surface area (Å²) in [6.45, 7) is 10.7. The number of fused-ring (bicyclic) bond motifs is 2. The lowest BCUT2D eigenvalue weighted by molar-refractivity contribution is -0.134. The molecule has 480 valence electrons. The van der Waals surface area contributed by atoms with Crippen molar-refractivity contribution in [1.82, 2.24) is 38.7 Å². The number of likely N-dealkylation sites (N-methyl/N-ethyl adjacent to an activating group) is 2. The van der Waals surface area contributed by atoms with E-state index in [9.17, 15) is 28.0 Å². The van der Waals surface area contributed by atoms with Crippen molar-refractivity contribution in [3.8, 4) is 35.6 Å². The van der Waals surface area contributed by atoms with E-state index >= 15 is 0 Å². The maximum absolute atomic E-state index is 14.2. The Morgan fingerprint density at radius 3 is 1.29 bits per heavy atom. The van der Waals surface area contributed by atoms with Crippen molar-refractivity contribution in [2.75, 3.05) is 54.4 Å². The molecule has 0 saturated carbocycles. The van der Waals surface area contributed by atoms with Crippen LogP contribution in [0.1, 0.15) is 171 Å². The first kappa shape index (κ1) is 72.2. The second kappa shape index (κ2) is 38.1. The van der Waals surface area contributed by atoms with Crippen molar-refractivity contribution in [3.05, 3.63) is 210 Å². The lowest BCUT2D eigenvalue weighted by Crippen LogP contribution is -2.40. The van der Waals surface area contributed by atoms with Gasteiger partial charge in [0.05, 0.1) is 45.3 Å². The van der Waals surface area contributed by atoms with Crippen LogP contribution in [0, 0.1) is 39.4 Å². The molecule has 0 radical (unpaired) electrons. The number of nitrogens with zero attached hydrogens (tertiary/aromatic N) is 8. The van der Waals surface area contributed by atoms with Crippen LogP contribution in [0.4, 0.5) is 8.78 Å². The number of benzene rings is 6. The predicted molar refractivity (Wildman–Crippen MR) is 377 cm³/mol. The van der Waals surface area contributed by atoms with Gasteiger partial charge in [0.15, 0.2) is 0 Å². The molecule has 0 fully saturated rings. The maximum atomic E-state index is 14.2. The van der Waals surface area contributed by atoms with Gasteiger partial charge in [0.2, 0.25) is 11.8 Å². The Bertz CT molecular complexity index is 3800. The normalized spacial score (nSPS) is 11.6. The number of terminal acetylenes is 1. The Balaban J connectivity index is 0.000000260. The van der Waals surface area contributed by atoms with Crippen LogP contribution >= 0.6 is 22.6 Å². The Morgan fingerprint density at radius 1 is 0.495 bits per heavy atom. The summed E-state index contributed by atoms with van der Waals surface area (Å²) in [6.07, 6.45) is 21.9. The summed E-state index contributed by atoms with van der Waals surface area (Å²) in [7, 11) is 7.91. The van der Waals surface area contributed by atoms with Crippen LogP contribution in [0.25, 0.3) is 33.2 Å². The molecule has 0 N–H and O–H groups in total. The summed E-state index contributed by atoms with van der Waals surface area (Å²) in [5.74, 6) is 9.07. The first-order valence-electron chi connectivity index (χ1n) is 32.2. The highest BCUT2D eigenvalue weighted by atomic mass is 127. The van der Waals surface area contributed by atoms with E-state index in [0.717, 1.165) is 53.2 Å². The molecule has 2 aromatic heterocycles. The van der Waals surface area contributed by atoms with Gasteiger partial charge in [0, 0.05) is 59.3 Å². The van der Waals surface area contributed by atoms with E-state index in [4.69, 9.17) is 16.4 Å². The SMILES string of the molecule is C#Cc1ccccc1.CCCCCCCCCC(=O)N(CCN(C)C)C(C)c1nc2ccc(C#Cc3ccccc3)cc2c(=O)n1-c1ccc(F)cc1.CCCCCCCCCC(=O)N(CCN(C)C)C(C)c1nc2ccc(I)cc2c(=O)n1-c1ccc(F)cc1. The minimum absolute atomic E-state index is 0.0458. The largest absolute Gasteiger partial charge is 0.331 e. The lowest BCUT2D eigenvalue weighted by atomic mass is 10.1. The zero-order chi connectivity index (χ0) is 65.7. The molecule has 12 nitrogen and oxygen atoms in total. The van der Waals surface area contributed by atoms with Crippen LogP contribution in [0.5, 0.6) is 0 Å². The Hall–Kier alpha value is -7.83. The number of hydrogen-bond donors (Lipinski definition) is 0. The first-order chi connectivity index (χ1) is 43.9. The minimum Gasteiger partial charge on any atom is -0.331 e. The van der Waals surface area contributed by atoms with Crippen LogP contribution in [0.2, 0.25) is 0 Å². The van der Waals surface area contributed by atoms with Crippen molar-refractivity contribution in [2.45, 2.75) is 143 Å². The van der Waals surface area contributed by atoms with Gasteiger partial charge >= 0.3 is 0 Å². The number of unbranched alkanes of at least 4 members (excludes halogenated alkanes) is 12. The van der Waals surface area contributed by atoms with Crippen LogP contribution in [-0.2, 0) is 9.59 Å². The number of halogens is 3. The van der Waals surface area contributed by atoms with E-state index in [1.807, 2.05) is 153 Å². The summed E-state index contributed by atoms with van der Waals surface area (Å²) in [4.78, 5) is 72.9. The van der Waals surface area contributed by atoms with Crippen LogP contribution in [-0.4, -0.2) is 105 Å². The highest BCUT2D eigenvalue weighted by molar-refractivity contribution is 14.1. The van der Waals surface area contributed by atoms with E-state index in [2.05, 4.69) is 54.2 Å². The molecule has 15 heteroatoms. The summed E-state index contributed by atoms with van der Waals surface area (Å²) in [6, 6.07) is 41.0. The highest BCUT2D eigenvalue weighted by Gasteiger charge is 2.29. The average molecular weight is 1350 g/mol. The van der Waals surface area contributed by atoms with E-state index < -0.39 is 17.9 Å². The molecule has 2 heterocycles. The van der Waals surface area contributed by atoms with Gasteiger partial charge in [-0.3, -0.25) is 28.3 Å². The smallest absolute Gasteiger partial charge is 0.266 e. The number of carbonyl (C=O) groups excluding carboxylic acids is 2. The minimum atomic E-state index is -0.498. The second-order valence-corrected chi connectivity index (χ2v) is 24.8. The van der Waals surface area contributed by atoms with Gasteiger partial charge in [-0.05, 0) is 187 Å². The quantitative estimate of drug-likeness (QED) is 0.0270.